The molecule has 4 rings (SSSR count). The van der Waals surface area contributed by atoms with Gasteiger partial charge in [-0.3, -0.25) is 9.69 Å². The fourth-order valence-electron chi connectivity index (χ4n) is 5.66. The summed E-state index contributed by atoms with van der Waals surface area (Å²) in [7, 11) is 4.43. The molecule has 0 spiro atoms. The summed E-state index contributed by atoms with van der Waals surface area (Å²) in [6.07, 6.45) is 5.91. The SMILES string of the molecule is C=CC(=O)Nc1cc(N2CCC(CCC)(CNCC)C2)ccc1Nc1cc(N(C)C(=O)Nc2c(Cl)c(OC)cc(OC)c2Cl)ncn1. The predicted octanol–water partition coefficient (Wildman–Crippen LogP) is 6.94. The lowest BCUT2D eigenvalue weighted by molar-refractivity contribution is -0.111. The van der Waals surface area contributed by atoms with Crippen LogP contribution in [0.2, 0.25) is 10.0 Å². The van der Waals surface area contributed by atoms with Gasteiger partial charge in [-0.15, -0.1) is 0 Å². The fourth-order valence-corrected chi connectivity index (χ4v) is 6.26. The Hall–Kier alpha value is -4.26. The number of halogens is 2. The molecule has 1 saturated heterocycles. The number of ether oxygens (including phenoxy) is 2. The minimum atomic E-state index is -0.573. The number of rotatable bonds is 14. The van der Waals surface area contributed by atoms with Crippen LogP contribution in [-0.4, -0.2) is 69.4 Å². The molecular formula is C33H42Cl2N8O4. The summed E-state index contributed by atoms with van der Waals surface area (Å²) in [5, 5.41) is 12.7. The van der Waals surface area contributed by atoms with Crippen molar-refractivity contribution >= 4 is 69.5 Å². The van der Waals surface area contributed by atoms with Crippen LogP contribution in [-0.2, 0) is 4.79 Å². The number of anilines is 6. The second-order valence-corrected chi connectivity index (χ2v) is 12.0. The van der Waals surface area contributed by atoms with Gasteiger partial charge in [-0.2, -0.15) is 0 Å². The Morgan fingerprint density at radius 3 is 2.43 bits per heavy atom. The molecule has 1 aliphatic heterocycles. The van der Waals surface area contributed by atoms with Crippen molar-refractivity contribution in [2.24, 2.45) is 5.41 Å². The van der Waals surface area contributed by atoms with Crippen LogP contribution in [0.5, 0.6) is 11.5 Å². The second-order valence-electron chi connectivity index (χ2n) is 11.3. The molecule has 4 N–H and O–H groups in total. The molecule has 0 saturated carbocycles. The van der Waals surface area contributed by atoms with E-state index in [-0.39, 0.29) is 44.4 Å². The first kappa shape index (κ1) is 35.6. The van der Waals surface area contributed by atoms with Crippen LogP contribution in [0.3, 0.4) is 0 Å². The van der Waals surface area contributed by atoms with E-state index >= 15 is 0 Å². The number of nitrogens with zero attached hydrogens (tertiary/aromatic N) is 4. The van der Waals surface area contributed by atoms with Crippen LogP contribution in [0.25, 0.3) is 0 Å². The highest BCUT2D eigenvalue weighted by Gasteiger charge is 2.37. The first-order chi connectivity index (χ1) is 22.6. The van der Waals surface area contributed by atoms with Crippen molar-refractivity contribution < 1.29 is 19.1 Å². The maximum atomic E-state index is 13.3. The molecular weight excluding hydrogens is 643 g/mol. The van der Waals surface area contributed by atoms with Crippen LogP contribution in [0.15, 0.2) is 49.3 Å². The molecule has 14 heteroatoms. The van der Waals surface area contributed by atoms with Crippen molar-refractivity contribution in [3.63, 3.8) is 0 Å². The van der Waals surface area contributed by atoms with E-state index < -0.39 is 6.03 Å². The largest absolute Gasteiger partial charge is 0.495 e. The summed E-state index contributed by atoms with van der Waals surface area (Å²) < 4.78 is 10.6. The average Bonchev–Trinajstić information content (AvgIpc) is 3.50. The quantitative estimate of drug-likeness (QED) is 0.133. The van der Waals surface area contributed by atoms with Crippen molar-refractivity contribution in [2.45, 2.75) is 33.1 Å². The third kappa shape index (κ3) is 8.37. The van der Waals surface area contributed by atoms with Crippen molar-refractivity contribution in [3.05, 3.63) is 59.4 Å². The molecule has 1 atom stereocenters. The number of hydrogen-bond acceptors (Lipinski definition) is 9. The van der Waals surface area contributed by atoms with Crippen molar-refractivity contribution in [1.82, 2.24) is 15.3 Å². The van der Waals surface area contributed by atoms with Crippen molar-refractivity contribution in [1.29, 1.82) is 0 Å². The summed E-state index contributed by atoms with van der Waals surface area (Å²) in [4.78, 5) is 37.9. The maximum Gasteiger partial charge on any atom is 0.327 e. The lowest BCUT2D eigenvalue weighted by Gasteiger charge is -2.30. The first-order valence-corrected chi connectivity index (χ1v) is 16.1. The molecule has 252 valence electrons. The Kier molecular flexibility index (Phi) is 12.1. The van der Waals surface area contributed by atoms with Crippen molar-refractivity contribution in [3.8, 4) is 11.5 Å². The zero-order valence-corrected chi connectivity index (χ0v) is 28.9. The molecule has 1 aromatic heterocycles. The van der Waals surface area contributed by atoms with Gasteiger partial charge in [0.2, 0.25) is 5.91 Å². The van der Waals surface area contributed by atoms with E-state index in [1.807, 2.05) is 18.2 Å². The Balaban J connectivity index is 1.56. The Bertz CT molecular complexity index is 1580. The number of benzene rings is 2. The van der Waals surface area contributed by atoms with Gasteiger partial charge in [0.05, 0.1) is 31.3 Å². The summed E-state index contributed by atoms with van der Waals surface area (Å²) in [5.74, 6) is 0.890. The van der Waals surface area contributed by atoms with Gasteiger partial charge in [-0.25, -0.2) is 14.8 Å². The van der Waals surface area contributed by atoms with E-state index in [2.05, 4.69) is 56.6 Å². The molecule has 0 bridgehead atoms. The topological polar surface area (TPSA) is 133 Å². The molecule has 3 amide bonds. The molecule has 0 aliphatic carbocycles. The van der Waals surface area contributed by atoms with Crippen LogP contribution in [0, 0.1) is 5.41 Å². The molecule has 1 unspecified atom stereocenters. The summed E-state index contributed by atoms with van der Waals surface area (Å²) in [5.41, 5.74) is 2.51. The zero-order chi connectivity index (χ0) is 34.1. The standard InChI is InChI=1S/C33H42Cl2N8O4/c1-7-12-33(18-36-9-3)13-14-43(19-33)21-10-11-22(23(15-21)40-28(44)8-2)39-26-17-27(38-20-37-26)42(4)32(45)41-31-29(34)24(46-5)16-25(47-6)30(31)35/h8,10-11,15-17,20,36H,2,7,9,12-14,18-19H2,1,3-6H3,(H,40,44)(H,41,45)(H,37,38,39). The number of carbonyl (C=O) groups is 2. The number of urea groups is 1. The van der Waals surface area contributed by atoms with Crippen molar-refractivity contribution in [2.75, 3.05) is 73.2 Å². The van der Waals surface area contributed by atoms with Gasteiger partial charge in [-0.1, -0.05) is 50.0 Å². The van der Waals surface area contributed by atoms with Crippen LogP contribution in [0.1, 0.15) is 33.1 Å². The number of nitrogens with one attached hydrogen (secondary N) is 4. The summed E-state index contributed by atoms with van der Waals surface area (Å²) in [6.45, 7) is 11.7. The monoisotopic (exact) mass is 684 g/mol. The lowest BCUT2D eigenvalue weighted by Crippen LogP contribution is -2.37. The fraction of sp³-hybridized carbons (Fsp3) is 0.394. The van der Waals surface area contributed by atoms with E-state index in [1.165, 1.54) is 44.6 Å². The highest BCUT2D eigenvalue weighted by atomic mass is 35.5. The maximum absolute atomic E-state index is 13.3. The normalized spacial score (nSPS) is 15.6. The lowest BCUT2D eigenvalue weighted by atomic mass is 9.82. The molecule has 12 nitrogen and oxygen atoms in total. The van der Waals surface area contributed by atoms with Gasteiger partial charge < -0.3 is 35.6 Å². The minimum Gasteiger partial charge on any atom is -0.495 e. The Morgan fingerprint density at radius 2 is 1.79 bits per heavy atom. The van der Waals surface area contributed by atoms with E-state index in [0.29, 0.717) is 17.2 Å². The van der Waals surface area contributed by atoms with Gasteiger partial charge in [0.1, 0.15) is 39.5 Å². The number of carbonyl (C=O) groups excluding carboxylic acids is 2. The van der Waals surface area contributed by atoms with E-state index in [1.54, 1.807) is 6.07 Å². The van der Waals surface area contributed by atoms with Crippen LogP contribution >= 0.6 is 23.2 Å². The summed E-state index contributed by atoms with van der Waals surface area (Å²) >= 11 is 12.9. The number of amides is 3. The minimum absolute atomic E-state index is 0.116. The van der Waals surface area contributed by atoms with E-state index in [9.17, 15) is 9.59 Å². The Labute approximate surface area is 285 Å². The highest BCUT2D eigenvalue weighted by molar-refractivity contribution is 6.41. The Morgan fingerprint density at radius 1 is 1.06 bits per heavy atom. The molecule has 3 aromatic rings. The van der Waals surface area contributed by atoms with Gasteiger partial charge in [0.15, 0.2) is 0 Å². The summed E-state index contributed by atoms with van der Waals surface area (Å²) in [6, 6.07) is 8.44. The number of methoxy groups -OCH3 is 2. The van der Waals surface area contributed by atoms with E-state index in [4.69, 9.17) is 32.7 Å². The third-order valence-corrected chi connectivity index (χ3v) is 8.90. The zero-order valence-electron chi connectivity index (χ0n) is 27.4. The molecule has 2 aromatic carbocycles. The van der Waals surface area contributed by atoms with Gasteiger partial charge in [0.25, 0.3) is 0 Å². The second kappa shape index (κ2) is 16.0. The van der Waals surface area contributed by atoms with Gasteiger partial charge in [-0.05, 0) is 43.7 Å². The van der Waals surface area contributed by atoms with Crippen LogP contribution < -0.4 is 40.5 Å². The molecule has 1 aliphatic rings. The number of hydrogen-bond donors (Lipinski definition) is 4. The molecule has 47 heavy (non-hydrogen) atoms. The average molecular weight is 686 g/mol. The van der Waals surface area contributed by atoms with Gasteiger partial charge >= 0.3 is 6.03 Å². The number of aromatic nitrogens is 2. The third-order valence-electron chi connectivity index (χ3n) is 8.15. The van der Waals surface area contributed by atoms with Gasteiger partial charge in [0, 0.05) is 49.9 Å². The highest BCUT2D eigenvalue weighted by Crippen LogP contribution is 2.44. The predicted molar refractivity (Wildman–Crippen MR) is 190 cm³/mol. The molecule has 1 fully saturated rings. The van der Waals surface area contributed by atoms with E-state index in [0.717, 1.165) is 51.1 Å². The first-order valence-electron chi connectivity index (χ1n) is 15.4. The smallest absolute Gasteiger partial charge is 0.327 e. The molecule has 0 radical (unpaired) electrons. The molecule has 2 heterocycles. The van der Waals surface area contributed by atoms with Crippen LogP contribution in [0.4, 0.5) is 39.2 Å².